The maximum atomic E-state index is 14.1. The van der Waals surface area contributed by atoms with Crippen molar-refractivity contribution in [2.24, 2.45) is 5.92 Å². The van der Waals surface area contributed by atoms with Gasteiger partial charge in [-0.25, -0.2) is 13.2 Å². The van der Waals surface area contributed by atoms with Crippen molar-refractivity contribution < 1.29 is 208 Å². The van der Waals surface area contributed by atoms with Gasteiger partial charge in [0.05, 0.1) is 11.5 Å². The van der Waals surface area contributed by atoms with Crippen molar-refractivity contribution in [2.75, 3.05) is 11.5 Å². The Bertz CT molecular complexity index is 6590. The number of hydrogen-bond acceptors (Lipinski definition) is 14. The minimum Gasteiger partial charge on any atom is -0.449 e. The van der Waals surface area contributed by atoms with Gasteiger partial charge in [0.25, 0.3) is 0 Å². The second kappa shape index (κ2) is 47.2. The van der Waals surface area contributed by atoms with Crippen LogP contribution in [0.2, 0.25) is 0 Å². The molecule has 16 N–H and O–H groups in total. The smallest absolute Gasteiger partial charge is 0.410 e. The first-order chi connectivity index (χ1) is 67.3. The molecular weight excluding hydrogens is 2170 g/mol. The van der Waals surface area contributed by atoms with E-state index in [0.29, 0.717) is 39.1 Å². The molecule has 0 bridgehead atoms. The number of halogens is 16. The highest BCUT2D eigenvalue weighted by molar-refractivity contribution is 7.89. The second-order valence-electron chi connectivity index (χ2n) is 32.8. The first-order valence-corrected chi connectivity index (χ1v) is 56.0. The maximum absolute atomic E-state index is 14.1. The lowest BCUT2D eigenvalue weighted by atomic mass is 10.0. The number of anilines is 1. The molecule has 58 heteroatoms. The zero-order valence-electron chi connectivity index (χ0n) is 75.8. The van der Waals surface area contributed by atoms with Crippen LogP contribution in [0.5, 0.6) is 0 Å². The third-order valence-electron chi connectivity index (χ3n) is 21.3. The van der Waals surface area contributed by atoms with Crippen molar-refractivity contribution >= 4 is 88.5 Å². The largest absolute Gasteiger partial charge is 0.449 e. The monoisotopic (exact) mass is 2260 g/mol. The van der Waals surface area contributed by atoms with Crippen molar-refractivity contribution in [3.8, 4) is 11.1 Å². The van der Waals surface area contributed by atoms with Crippen LogP contribution < -0.4 is 4.90 Å². The molecule has 0 fully saturated rings. The van der Waals surface area contributed by atoms with Gasteiger partial charge in [-0.05, 0) is 85.8 Å². The standard InChI is InChI=1S/C28H25F4NO6P2.C22H21F4NO8P2S.C21H25F4NO8P2.C18H19F4NO7P2/c29-27(30,40(34,35)36)24-12-6-20(7-13-24)18-33(26-16-10-23(11-17-26)22-4-2-1-3-5-22)19-21-8-14-25(15-9-21)28(31,32)41(37,38)39;23-21(24,36(28,29)30)18-10-6-16(7-11-18)14-27(38(34,35)20-4-2-1-3-5-20)15-17-8-12-19(13-9-17)22(25,26)37(31,32)33;1-14(2)13-34-19(27)26(11-15-3-7-17(8-4-15)20(22,23)35(28,29)30)12-16-5-9-18(10-6-16)21(24,25)36(31,32)33;1-12(24)23(10-13-2-6-15(7-3-13)17(19,20)31(25,26)27)11-14-4-8-16(9-5-14)18(21,22)32(28,29)30/h1-17H,18-19H2,(H2,34,35,36)(H2,37,38,39);1-13H,14-15H2,(H2,28,29,30)(H2,31,32,33);3-10,14H,11-13H2,1-2H3,(H2,28,29,30)(H2,31,32,33);2-9H,10-11H2,1H3,(H2,25,26,27)(H2,28,29,30). The van der Waals surface area contributed by atoms with Crippen LogP contribution in [0.1, 0.15) is 110 Å². The van der Waals surface area contributed by atoms with Gasteiger partial charge in [-0.1, -0.05) is 269 Å². The Labute approximate surface area is 826 Å². The molecule has 798 valence electrons. The lowest BCUT2D eigenvalue weighted by Crippen LogP contribution is -2.31. The Morgan fingerprint density at radius 2 is 0.463 bits per heavy atom. The minimum absolute atomic E-state index is 0.0147. The zero-order valence-corrected chi connectivity index (χ0v) is 83.8. The second-order valence-corrected chi connectivity index (χ2v) is 48.0. The number of carbonyl (C=O) groups is 2. The normalized spacial score (nSPS) is 13.1. The Balaban J connectivity index is 0.000000240. The van der Waals surface area contributed by atoms with Crippen LogP contribution in [-0.4, -0.2) is 119 Å². The SMILES string of the molecule is CC(=O)N(Cc1ccc(C(F)(F)P(=O)(O)O)cc1)Cc1ccc(C(F)(F)P(=O)(O)O)cc1.CC(C)COC(=O)N(Cc1ccc(C(F)(F)P(=O)(O)O)cc1)Cc1ccc(C(F)(F)P(=O)(O)O)cc1.O=P(O)(O)C(F)(F)c1ccc(CN(Cc2ccc(C(F)(F)P(=O)(O)O)cc2)S(=O)(=O)c2ccccc2)cc1.O=P(O)(O)C(F)(F)c1ccc(CN(Cc2ccc(C(F)(F)P(=O)(O)O)cc2)c2ccc(-c3ccccc3)cc2)cc1. The predicted molar refractivity (Wildman–Crippen MR) is 499 cm³/mol. The van der Waals surface area contributed by atoms with Gasteiger partial charge < -0.3 is 92.8 Å². The van der Waals surface area contributed by atoms with Crippen molar-refractivity contribution in [1.29, 1.82) is 0 Å². The molecular formula is C89H90F16N4O29P8S. The van der Waals surface area contributed by atoms with E-state index in [1.54, 1.807) is 19.9 Å². The van der Waals surface area contributed by atoms with Crippen LogP contribution in [-0.2, 0) is 154 Å². The topological polar surface area (TPSA) is 551 Å². The van der Waals surface area contributed by atoms with E-state index in [1.807, 2.05) is 59.5 Å². The molecule has 0 aliphatic heterocycles. The van der Waals surface area contributed by atoms with Crippen molar-refractivity contribution in [3.63, 3.8) is 0 Å². The summed E-state index contributed by atoms with van der Waals surface area (Å²) in [5, 5.41) is 0. The third-order valence-corrected chi connectivity index (χ3v) is 31.0. The lowest BCUT2D eigenvalue weighted by Gasteiger charge is -2.26. The summed E-state index contributed by atoms with van der Waals surface area (Å²) in [6, 6.07) is 56.1. The number of alkyl halides is 16. The fourth-order valence-corrected chi connectivity index (χ4v) is 18.4. The first-order valence-electron chi connectivity index (χ1n) is 41.6. The molecule has 0 aromatic heterocycles. The molecule has 0 radical (unpaired) electrons. The maximum Gasteiger partial charge on any atom is 0.410 e. The minimum atomic E-state index is -5.81. The molecule has 0 saturated carbocycles. The molecule has 2 amide bonds. The van der Waals surface area contributed by atoms with Gasteiger partial charge in [-0.3, -0.25) is 46.2 Å². The quantitative estimate of drug-likeness (QED) is 0.0126. The highest BCUT2D eigenvalue weighted by Gasteiger charge is 2.57. The Hall–Kier alpha value is -10.1. The van der Waals surface area contributed by atoms with E-state index in [-0.39, 0.29) is 67.8 Å². The lowest BCUT2D eigenvalue weighted by molar-refractivity contribution is -0.130. The predicted octanol–water partition coefficient (Wildman–Crippen LogP) is 20.2. The summed E-state index contributed by atoms with van der Waals surface area (Å²) >= 11 is 0. The molecule has 0 spiro atoms. The fraction of sp³-hybridized carbons (Fsp3) is 0.236. The van der Waals surface area contributed by atoms with E-state index < -0.39 is 186 Å². The van der Waals surface area contributed by atoms with E-state index in [9.17, 15) is 125 Å². The summed E-state index contributed by atoms with van der Waals surface area (Å²) < 4.78 is 344. The van der Waals surface area contributed by atoms with Crippen LogP contribution in [0.4, 0.5) is 80.7 Å². The Morgan fingerprint density at radius 3 is 0.667 bits per heavy atom. The highest BCUT2D eigenvalue weighted by atomic mass is 32.2. The average Bonchev–Trinajstić information content (AvgIpc) is 0.794. The van der Waals surface area contributed by atoms with Crippen LogP contribution >= 0.6 is 60.8 Å². The van der Waals surface area contributed by atoms with E-state index in [2.05, 4.69) is 0 Å². The number of carbonyl (C=O) groups excluding carboxylic acids is 2. The highest BCUT2D eigenvalue weighted by Crippen LogP contribution is 2.66. The van der Waals surface area contributed by atoms with E-state index in [4.69, 9.17) is 83.0 Å². The average molecular weight is 2260 g/mol. The van der Waals surface area contributed by atoms with Gasteiger partial charge in [0.15, 0.2) is 0 Å². The summed E-state index contributed by atoms with van der Waals surface area (Å²) in [7, 11) is -50.3. The molecule has 0 aliphatic rings. The van der Waals surface area contributed by atoms with Crippen LogP contribution in [0, 0.1) is 5.92 Å². The Kier molecular flexibility index (Phi) is 39.2. The molecule has 0 unspecified atom stereocenters. The molecule has 11 aromatic rings. The molecule has 0 aliphatic carbocycles. The van der Waals surface area contributed by atoms with Gasteiger partial charge >= 0.3 is 112 Å². The Morgan fingerprint density at radius 1 is 0.272 bits per heavy atom. The number of amides is 2. The van der Waals surface area contributed by atoms with Crippen LogP contribution in [0.25, 0.3) is 11.1 Å². The number of ether oxygens (including phenoxy) is 1. The fourth-order valence-electron chi connectivity index (χ4n) is 13.1. The first kappa shape index (κ1) is 122. The van der Waals surface area contributed by atoms with Crippen molar-refractivity contribution in [2.45, 2.75) is 123 Å². The van der Waals surface area contributed by atoms with Gasteiger partial charge in [-0.15, -0.1) is 0 Å². The van der Waals surface area contributed by atoms with Gasteiger partial charge in [0.1, 0.15) is 0 Å². The summed E-state index contributed by atoms with van der Waals surface area (Å²) in [4.78, 5) is 171. The molecule has 0 heterocycles. The van der Waals surface area contributed by atoms with Gasteiger partial charge in [0.2, 0.25) is 15.9 Å². The number of nitrogens with zero attached hydrogens (tertiary/aromatic N) is 4. The molecule has 11 aromatic carbocycles. The van der Waals surface area contributed by atoms with Crippen LogP contribution in [0.15, 0.2) is 284 Å². The van der Waals surface area contributed by atoms with E-state index >= 15 is 0 Å². The van der Waals surface area contributed by atoms with Gasteiger partial charge in [0, 0.05) is 109 Å². The van der Waals surface area contributed by atoms with Crippen molar-refractivity contribution in [3.05, 3.63) is 368 Å². The number of benzene rings is 11. The summed E-state index contributed by atoms with van der Waals surface area (Å²) in [5.41, 5.74) is -37.2. The summed E-state index contributed by atoms with van der Waals surface area (Å²) in [6.45, 7) is 3.77. The molecule has 0 saturated heterocycles. The van der Waals surface area contributed by atoms with Crippen LogP contribution in [0.3, 0.4) is 0 Å². The number of hydrogen-bond donors (Lipinski definition) is 16. The number of rotatable bonds is 38. The van der Waals surface area contributed by atoms with E-state index in [0.717, 1.165) is 166 Å². The number of sulfonamides is 1. The van der Waals surface area contributed by atoms with Crippen molar-refractivity contribution in [1.82, 2.24) is 14.1 Å². The van der Waals surface area contributed by atoms with Gasteiger partial charge in [-0.2, -0.15) is 74.6 Å². The molecule has 0 atom stereocenters. The molecule has 11 rings (SSSR count). The van der Waals surface area contributed by atoms with E-state index in [1.165, 1.54) is 84.6 Å². The summed E-state index contributed by atoms with van der Waals surface area (Å²) in [6.07, 6.45) is -0.807. The molecule has 147 heavy (non-hydrogen) atoms. The molecule has 33 nitrogen and oxygen atoms in total. The third kappa shape index (κ3) is 30.9. The summed E-state index contributed by atoms with van der Waals surface area (Å²) in [5.74, 6) is -0.460. The zero-order chi connectivity index (χ0) is 111.